The lowest BCUT2D eigenvalue weighted by Crippen LogP contribution is -2.07. The molecule has 2 aromatic rings. The molecule has 0 aliphatic heterocycles. The number of rotatable bonds is 7. The van der Waals surface area contributed by atoms with Crippen LogP contribution in [0.25, 0.3) is 5.57 Å². The molecule has 3 rings (SSSR count). The van der Waals surface area contributed by atoms with Crippen LogP contribution < -0.4 is 18.9 Å². The summed E-state index contributed by atoms with van der Waals surface area (Å²) in [5, 5.41) is 0. The Hall–Kier alpha value is -2.95. The summed E-state index contributed by atoms with van der Waals surface area (Å²) in [6.07, 6.45) is 4.33. The molecule has 27 heavy (non-hydrogen) atoms. The summed E-state index contributed by atoms with van der Waals surface area (Å²) in [6.45, 7) is 0. The van der Waals surface area contributed by atoms with E-state index in [2.05, 4.69) is 6.08 Å². The Bertz CT molecular complexity index is 857. The lowest BCUT2D eigenvalue weighted by Gasteiger charge is -2.19. The second kappa shape index (κ2) is 8.16. The number of ether oxygens (including phenoxy) is 4. The van der Waals surface area contributed by atoms with Gasteiger partial charge in [-0.05, 0) is 53.8 Å². The van der Waals surface area contributed by atoms with Crippen LogP contribution in [0.5, 0.6) is 23.0 Å². The number of methoxy groups -OCH3 is 4. The van der Waals surface area contributed by atoms with Gasteiger partial charge in [-0.3, -0.25) is 4.79 Å². The zero-order chi connectivity index (χ0) is 19.4. The standard InChI is InChI=1S/C22H24O5/c1-24-17-8-9-18-14(10-17)6-5-7-15(18)11-19(23)16-12-20(25-2)22(27-4)21(13-16)26-3/h7-10,12-13H,5-6,11H2,1-4H3. The summed E-state index contributed by atoms with van der Waals surface area (Å²) in [7, 11) is 6.28. The smallest absolute Gasteiger partial charge is 0.203 e. The van der Waals surface area contributed by atoms with Crippen LogP contribution in [0.3, 0.4) is 0 Å². The van der Waals surface area contributed by atoms with Crippen LogP contribution in [0.2, 0.25) is 0 Å². The molecule has 0 aromatic heterocycles. The zero-order valence-corrected chi connectivity index (χ0v) is 16.1. The monoisotopic (exact) mass is 368 g/mol. The lowest BCUT2D eigenvalue weighted by atomic mass is 9.87. The van der Waals surface area contributed by atoms with Crippen molar-refractivity contribution in [1.29, 1.82) is 0 Å². The van der Waals surface area contributed by atoms with E-state index in [1.807, 2.05) is 18.2 Å². The molecule has 0 atom stereocenters. The van der Waals surface area contributed by atoms with Gasteiger partial charge in [-0.1, -0.05) is 12.1 Å². The van der Waals surface area contributed by atoms with Gasteiger partial charge in [-0.25, -0.2) is 0 Å². The van der Waals surface area contributed by atoms with Crippen molar-refractivity contribution in [3.8, 4) is 23.0 Å². The molecule has 5 nitrogen and oxygen atoms in total. The SMILES string of the molecule is COc1ccc2c(c1)CCC=C2CC(=O)c1cc(OC)c(OC)c(OC)c1. The van der Waals surface area contributed by atoms with Crippen molar-refractivity contribution in [3.05, 3.63) is 53.1 Å². The first-order valence-electron chi connectivity index (χ1n) is 8.80. The molecule has 0 radical (unpaired) electrons. The van der Waals surface area contributed by atoms with E-state index < -0.39 is 0 Å². The predicted octanol–water partition coefficient (Wildman–Crippen LogP) is 4.32. The van der Waals surface area contributed by atoms with E-state index in [1.165, 1.54) is 5.56 Å². The molecule has 1 aliphatic carbocycles. The number of Topliss-reactive ketones (excluding diaryl/α,β-unsaturated/α-hetero) is 1. The maximum Gasteiger partial charge on any atom is 0.203 e. The zero-order valence-electron chi connectivity index (χ0n) is 16.1. The van der Waals surface area contributed by atoms with Crippen LogP contribution in [0.4, 0.5) is 0 Å². The fourth-order valence-corrected chi connectivity index (χ4v) is 3.41. The third kappa shape index (κ3) is 3.77. The van der Waals surface area contributed by atoms with Crippen molar-refractivity contribution in [3.63, 3.8) is 0 Å². The van der Waals surface area contributed by atoms with Crippen LogP contribution >= 0.6 is 0 Å². The van der Waals surface area contributed by atoms with Crippen LogP contribution in [0.15, 0.2) is 36.4 Å². The summed E-state index contributed by atoms with van der Waals surface area (Å²) in [5.74, 6) is 2.27. The number of aryl methyl sites for hydroxylation is 1. The summed E-state index contributed by atoms with van der Waals surface area (Å²) in [6, 6.07) is 9.40. The topological polar surface area (TPSA) is 54.0 Å². The van der Waals surface area contributed by atoms with Crippen molar-refractivity contribution in [2.75, 3.05) is 28.4 Å². The van der Waals surface area contributed by atoms with Gasteiger partial charge >= 0.3 is 0 Å². The average Bonchev–Trinajstić information content (AvgIpc) is 2.72. The Morgan fingerprint density at radius 1 is 0.926 bits per heavy atom. The minimum Gasteiger partial charge on any atom is -0.497 e. The van der Waals surface area contributed by atoms with Crippen molar-refractivity contribution < 1.29 is 23.7 Å². The minimum absolute atomic E-state index is 0.00386. The molecule has 142 valence electrons. The van der Waals surface area contributed by atoms with Gasteiger partial charge in [0.25, 0.3) is 0 Å². The maximum atomic E-state index is 13.0. The van der Waals surface area contributed by atoms with E-state index in [0.29, 0.717) is 29.2 Å². The normalized spacial score (nSPS) is 12.7. The molecule has 0 bridgehead atoms. The molecule has 0 amide bonds. The molecular weight excluding hydrogens is 344 g/mol. The first-order valence-corrected chi connectivity index (χ1v) is 8.80. The van der Waals surface area contributed by atoms with E-state index in [-0.39, 0.29) is 5.78 Å². The van der Waals surface area contributed by atoms with Crippen molar-refractivity contribution in [2.45, 2.75) is 19.3 Å². The van der Waals surface area contributed by atoms with E-state index in [1.54, 1.807) is 40.6 Å². The van der Waals surface area contributed by atoms with Crippen LogP contribution in [0.1, 0.15) is 34.3 Å². The second-order valence-electron chi connectivity index (χ2n) is 6.31. The van der Waals surface area contributed by atoms with Gasteiger partial charge in [-0.15, -0.1) is 0 Å². The molecule has 0 N–H and O–H groups in total. The molecular formula is C22H24O5. The first kappa shape index (κ1) is 18.8. The van der Waals surface area contributed by atoms with Crippen LogP contribution in [-0.2, 0) is 6.42 Å². The molecule has 2 aromatic carbocycles. The molecule has 0 heterocycles. The van der Waals surface area contributed by atoms with Gasteiger partial charge in [0.05, 0.1) is 28.4 Å². The Morgan fingerprint density at radius 2 is 1.63 bits per heavy atom. The van der Waals surface area contributed by atoms with Gasteiger partial charge < -0.3 is 18.9 Å². The largest absolute Gasteiger partial charge is 0.497 e. The summed E-state index contributed by atoms with van der Waals surface area (Å²) < 4.78 is 21.4. The Kier molecular flexibility index (Phi) is 5.69. The molecule has 0 spiro atoms. The maximum absolute atomic E-state index is 13.0. The molecule has 1 aliphatic rings. The number of hydrogen-bond donors (Lipinski definition) is 0. The van der Waals surface area contributed by atoms with Crippen molar-refractivity contribution in [2.24, 2.45) is 0 Å². The van der Waals surface area contributed by atoms with E-state index in [4.69, 9.17) is 18.9 Å². The fraction of sp³-hybridized carbons (Fsp3) is 0.318. The number of carbonyl (C=O) groups excluding carboxylic acids is 1. The molecule has 0 fully saturated rings. The van der Waals surface area contributed by atoms with Crippen molar-refractivity contribution in [1.82, 2.24) is 0 Å². The Balaban J connectivity index is 1.89. The summed E-state index contributed by atoms with van der Waals surface area (Å²) in [5.41, 5.74) is 3.90. The third-order valence-electron chi connectivity index (χ3n) is 4.80. The number of benzene rings is 2. The predicted molar refractivity (Wildman–Crippen MR) is 104 cm³/mol. The van der Waals surface area contributed by atoms with Crippen LogP contribution in [-0.4, -0.2) is 34.2 Å². The molecule has 0 unspecified atom stereocenters. The second-order valence-corrected chi connectivity index (χ2v) is 6.31. The van der Waals surface area contributed by atoms with Crippen molar-refractivity contribution >= 4 is 11.4 Å². The van der Waals surface area contributed by atoms with Crippen LogP contribution in [0, 0.1) is 0 Å². The quantitative estimate of drug-likeness (QED) is 0.681. The highest BCUT2D eigenvalue weighted by atomic mass is 16.5. The highest BCUT2D eigenvalue weighted by Crippen LogP contribution is 2.39. The van der Waals surface area contributed by atoms with Gasteiger partial charge in [0.2, 0.25) is 5.75 Å². The Labute approximate surface area is 159 Å². The Morgan fingerprint density at radius 3 is 2.22 bits per heavy atom. The molecule has 0 saturated carbocycles. The number of allylic oxidation sites excluding steroid dienone is 2. The fourth-order valence-electron chi connectivity index (χ4n) is 3.41. The van der Waals surface area contributed by atoms with Gasteiger partial charge in [0.1, 0.15) is 5.75 Å². The molecule has 0 saturated heterocycles. The van der Waals surface area contributed by atoms with Gasteiger partial charge in [0.15, 0.2) is 17.3 Å². The summed E-state index contributed by atoms with van der Waals surface area (Å²) >= 11 is 0. The number of ketones is 1. The third-order valence-corrected chi connectivity index (χ3v) is 4.80. The summed E-state index contributed by atoms with van der Waals surface area (Å²) in [4.78, 5) is 13.0. The molecule has 5 heteroatoms. The minimum atomic E-state index is 0.00386. The van der Waals surface area contributed by atoms with Gasteiger partial charge in [-0.2, -0.15) is 0 Å². The average molecular weight is 368 g/mol. The van der Waals surface area contributed by atoms with Gasteiger partial charge in [0, 0.05) is 12.0 Å². The highest BCUT2D eigenvalue weighted by Gasteiger charge is 2.20. The van der Waals surface area contributed by atoms with E-state index in [9.17, 15) is 4.79 Å². The first-order chi connectivity index (χ1) is 13.1. The van der Waals surface area contributed by atoms with E-state index >= 15 is 0 Å². The number of hydrogen-bond acceptors (Lipinski definition) is 5. The highest BCUT2D eigenvalue weighted by molar-refractivity contribution is 6.03. The lowest BCUT2D eigenvalue weighted by molar-refractivity contribution is 0.0997. The number of fused-ring (bicyclic) bond motifs is 1. The number of carbonyl (C=O) groups is 1. The van der Waals surface area contributed by atoms with E-state index in [0.717, 1.165) is 29.7 Å².